The molecule has 0 aliphatic heterocycles. The monoisotopic (exact) mass is 138 g/mol. The first-order valence-electron chi connectivity index (χ1n) is 3.92. The molecule has 0 heterocycles. The lowest BCUT2D eigenvalue weighted by Gasteiger charge is -2.11. The zero-order chi connectivity index (χ0) is 7.23. The Labute approximate surface area is 62.1 Å². The third kappa shape index (κ3) is 2.26. The Morgan fingerprint density at radius 1 is 1.10 bits per heavy atom. The average Bonchev–Trinajstić information content (AvgIpc) is 2.03. The van der Waals surface area contributed by atoms with Crippen LogP contribution in [0.15, 0.2) is 24.0 Å². The molecule has 1 aliphatic carbocycles. The predicted octanol–water partition coefficient (Wildman–Crippen LogP) is 2.95. The van der Waals surface area contributed by atoms with Gasteiger partial charge in [0, 0.05) is 0 Å². The van der Waals surface area contributed by atoms with E-state index in [0.29, 0.717) is 0 Å². The van der Waals surface area contributed by atoms with Crippen molar-refractivity contribution in [3.8, 4) is 0 Å². The molecule has 0 spiro atoms. The van der Waals surface area contributed by atoms with Gasteiger partial charge in [-0.25, -0.2) is 0 Å². The highest BCUT2D eigenvalue weighted by Crippen LogP contribution is 2.22. The van der Waals surface area contributed by atoms with E-state index in [1.807, 2.05) is 6.08 Å². The molecule has 1 N–H and O–H groups in total. The molecule has 1 heteroatoms. The molecule has 0 aromatic rings. The van der Waals surface area contributed by atoms with Crippen molar-refractivity contribution < 1.29 is 5.11 Å². The first kappa shape index (κ1) is 7.39. The van der Waals surface area contributed by atoms with Crippen LogP contribution in [0.5, 0.6) is 0 Å². The lowest BCUT2D eigenvalue weighted by atomic mass is 9.95. The van der Waals surface area contributed by atoms with Gasteiger partial charge in [-0.3, -0.25) is 0 Å². The van der Waals surface area contributed by atoms with Crippen LogP contribution in [0, 0.1) is 0 Å². The maximum Gasteiger partial charge on any atom is 0.0791 e. The summed E-state index contributed by atoms with van der Waals surface area (Å²) in [5.74, 6) is 0. The van der Waals surface area contributed by atoms with Crippen molar-refractivity contribution in [1.82, 2.24) is 0 Å². The summed E-state index contributed by atoms with van der Waals surface area (Å²) in [6.45, 7) is 0. The van der Waals surface area contributed by atoms with Crippen LogP contribution in [-0.2, 0) is 0 Å². The number of hydrogen-bond donors (Lipinski definition) is 1. The van der Waals surface area contributed by atoms with Gasteiger partial charge in [0.1, 0.15) is 0 Å². The van der Waals surface area contributed by atoms with E-state index >= 15 is 0 Å². The Balaban J connectivity index is 2.37. The molecule has 10 heavy (non-hydrogen) atoms. The van der Waals surface area contributed by atoms with Crippen molar-refractivity contribution in [3.05, 3.63) is 24.0 Å². The summed E-state index contributed by atoms with van der Waals surface area (Å²) in [7, 11) is 0. The smallest absolute Gasteiger partial charge is 0.0791 e. The van der Waals surface area contributed by atoms with Crippen LogP contribution in [0.3, 0.4) is 0 Å². The number of aliphatic hydroxyl groups excluding tert-OH is 1. The van der Waals surface area contributed by atoms with E-state index in [0.717, 1.165) is 6.26 Å². The third-order valence-electron chi connectivity index (χ3n) is 1.91. The summed E-state index contributed by atoms with van der Waals surface area (Å²) in [5.41, 5.74) is 1.48. The summed E-state index contributed by atoms with van der Waals surface area (Å²) >= 11 is 0. The highest BCUT2D eigenvalue weighted by Gasteiger charge is 2.02. The minimum Gasteiger partial charge on any atom is -0.516 e. The van der Waals surface area contributed by atoms with Crippen molar-refractivity contribution in [2.45, 2.75) is 32.1 Å². The highest BCUT2D eigenvalue weighted by molar-refractivity contribution is 5.12. The van der Waals surface area contributed by atoms with Crippen molar-refractivity contribution >= 4 is 0 Å². The summed E-state index contributed by atoms with van der Waals surface area (Å²) in [6.07, 6.45) is 11.3. The van der Waals surface area contributed by atoms with Gasteiger partial charge in [0.25, 0.3) is 0 Å². The van der Waals surface area contributed by atoms with Gasteiger partial charge >= 0.3 is 0 Å². The maximum absolute atomic E-state index is 8.37. The molecule has 1 saturated carbocycles. The second kappa shape index (κ2) is 4.15. The molecule has 0 bridgehead atoms. The van der Waals surface area contributed by atoms with Gasteiger partial charge in [0.2, 0.25) is 0 Å². The third-order valence-corrected chi connectivity index (χ3v) is 1.91. The van der Waals surface area contributed by atoms with Crippen LogP contribution in [0.1, 0.15) is 32.1 Å². The zero-order valence-electron chi connectivity index (χ0n) is 6.21. The topological polar surface area (TPSA) is 20.2 Å². The SMILES string of the molecule is OC=CC=C1CCCCC1. The second-order valence-electron chi connectivity index (χ2n) is 2.73. The summed E-state index contributed by atoms with van der Waals surface area (Å²) in [5, 5.41) is 8.37. The Morgan fingerprint density at radius 2 is 1.80 bits per heavy atom. The summed E-state index contributed by atoms with van der Waals surface area (Å²) < 4.78 is 0. The van der Waals surface area contributed by atoms with Crippen molar-refractivity contribution in [2.24, 2.45) is 0 Å². The Bertz CT molecular complexity index is 137. The van der Waals surface area contributed by atoms with Crippen LogP contribution in [0.25, 0.3) is 0 Å². The fraction of sp³-hybridized carbons (Fsp3) is 0.556. The minimum atomic E-state index is 1.10. The molecular formula is C9H14O. The average molecular weight is 138 g/mol. The first-order valence-corrected chi connectivity index (χ1v) is 3.92. The molecule has 0 atom stereocenters. The Kier molecular flexibility index (Phi) is 3.07. The Hall–Kier alpha value is -0.720. The molecule has 0 amide bonds. The van der Waals surface area contributed by atoms with E-state index < -0.39 is 0 Å². The molecule has 0 unspecified atom stereocenters. The van der Waals surface area contributed by atoms with Gasteiger partial charge in [-0.05, 0) is 31.8 Å². The fourth-order valence-corrected chi connectivity index (χ4v) is 1.35. The van der Waals surface area contributed by atoms with Crippen LogP contribution >= 0.6 is 0 Å². The highest BCUT2D eigenvalue weighted by atomic mass is 16.2. The molecular weight excluding hydrogens is 124 g/mol. The van der Waals surface area contributed by atoms with E-state index in [9.17, 15) is 0 Å². The van der Waals surface area contributed by atoms with Gasteiger partial charge in [0.05, 0.1) is 6.26 Å². The molecule has 1 aliphatic rings. The van der Waals surface area contributed by atoms with E-state index in [1.54, 1.807) is 6.08 Å². The fourth-order valence-electron chi connectivity index (χ4n) is 1.35. The largest absolute Gasteiger partial charge is 0.516 e. The molecule has 0 aromatic carbocycles. The molecule has 0 saturated heterocycles. The van der Waals surface area contributed by atoms with Crippen molar-refractivity contribution in [1.29, 1.82) is 0 Å². The predicted molar refractivity (Wildman–Crippen MR) is 42.9 cm³/mol. The van der Waals surface area contributed by atoms with Crippen molar-refractivity contribution in [2.75, 3.05) is 0 Å². The second-order valence-corrected chi connectivity index (χ2v) is 2.73. The van der Waals surface area contributed by atoms with E-state index in [1.165, 1.54) is 37.7 Å². The number of aliphatic hydroxyl groups is 1. The Morgan fingerprint density at radius 3 is 2.40 bits per heavy atom. The van der Waals surface area contributed by atoms with Gasteiger partial charge in [-0.1, -0.05) is 18.1 Å². The molecule has 1 fully saturated rings. The van der Waals surface area contributed by atoms with Crippen LogP contribution in [-0.4, -0.2) is 5.11 Å². The summed E-state index contributed by atoms with van der Waals surface area (Å²) in [4.78, 5) is 0. The van der Waals surface area contributed by atoms with Gasteiger partial charge in [-0.2, -0.15) is 0 Å². The van der Waals surface area contributed by atoms with Gasteiger partial charge in [-0.15, -0.1) is 0 Å². The molecule has 56 valence electrons. The maximum atomic E-state index is 8.37. The van der Waals surface area contributed by atoms with Gasteiger partial charge in [0.15, 0.2) is 0 Å². The first-order chi connectivity index (χ1) is 4.93. The van der Waals surface area contributed by atoms with E-state index in [2.05, 4.69) is 0 Å². The van der Waals surface area contributed by atoms with Crippen LogP contribution in [0.2, 0.25) is 0 Å². The quantitative estimate of drug-likeness (QED) is 0.552. The zero-order valence-corrected chi connectivity index (χ0v) is 6.21. The molecule has 1 rings (SSSR count). The molecule has 0 aromatic heterocycles. The summed E-state index contributed by atoms with van der Waals surface area (Å²) in [6, 6.07) is 0. The number of hydrogen-bond acceptors (Lipinski definition) is 1. The van der Waals surface area contributed by atoms with E-state index in [4.69, 9.17) is 5.11 Å². The van der Waals surface area contributed by atoms with Crippen LogP contribution < -0.4 is 0 Å². The minimum absolute atomic E-state index is 1.10. The normalized spacial score (nSPS) is 19.8. The standard InChI is InChI=1S/C9H14O/c10-8-4-7-9-5-2-1-3-6-9/h4,7-8,10H,1-3,5-6H2. The van der Waals surface area contributed by atoms with Crippen molar-refractivity contribution in [3.63, 3.8) is 0 Å². The number of allylic oxidation sites excluding steroid dienone is 3. The number of rotatable bonds is 1. The van der Waals surface area contributed by atoms with Gasteiger partial charge < -0.3 is 5.11 Å². The molecule has 0 radical (unpaired) electrons. The molecule has 1 nitrogen and oxygen atoms in total. The van der Waals surface area contributed by atoms with Crippen LogP contribution in [0.4, 0.5) is 0 Å². The van der Waals surface area contributed by atoms with E-state index in [-0.39, 0.29) is 0 Å². The lowest BCUT2D eigenvalue weighted by Crippen LogP contribution is -1.92. The lowest BCUT2D eigenvalue weighted by molar-refractivity contribution is 0.473.